The zero-order chi connectivity index (χ0) is 15.5. The lowest BCUT2D eigenvalue weighted by Gasteiger charge is -2.08. The van der Waals surface area contributed by atoms with Crippen LogP contribution in [0.3, 0.4) is 0 Å². The predicted octanol–water partition coefficient (Wildman–Crippen LogP) is 2.05. The molecule has 6 nitrogen and oxygen atoms in total. The number of pyridine rings is 1. The number of aromatic nitrogens is 1. The van der Waals surface area contributed by atoms with E-state index in [1.54, 1.807) is 12.4 Å². The highest BCUT2D eigenvalue weighted by Crippen LogP contribution is 2.38. The van der Waals surface area contributed by atoms with Gasteiger partial charge in [0.15, 0.2) is 0 Å². The number of carbonyl (C=O) groups is 2. The molecule has 1 aliphatic carbocycles. The first kappa shape index (κ1) is 14.5. The summed E-state index contributed by atoms with van der Waals surface area (Å²) in [5.41, 5.74) is 7.89. The number of anilines is 1. The fraction of sp³-hybridized carbons (Fsp3) is 0.267. The van der Waals surface area contributed by atoms with Crippen molar-refractivity contribution in [1.29, 1.82) is 0 Å². The van der Waals surface area contributed by atoms with Gasteiger partial charge in [0.25, 0.3) is 5.91 Å². The highest BCUT2D eigenvalue weighted by Gasteiger charge is 2.25. The highest BCUT2D eigenvalue weighted by molar-refractivity contribution is 7.17. The third-order valence-corrected chi connectivity index (χ3v) is 4.80. The standard InChI is InChI=1S/C15H16N4O2S/c16-13(20)12-10-2-1-3-11(10)22-14(12)19-15(21)18-8-9-4-6-17-7-5-9/h4-7H,1-3,8H2,(H2,16,20)(H2,18,19,21). The average Bonchev–Trinajstić information content (AvgIpc) is 3.06. The van der Waals surface area contributed by atoms with Crippen LogP contribution >= 0.6 is 11.3 Å². The molecule has 0 spiro atoms. The number of carbonyl (C=O) groups excluding carboxylic acids is 2. The topological polar surface area (TPSA) is 97.1 Å². The van der Waals surface area contributed by atoms with Crippen molar-refractivity contribution >= 4 is 28.3 Å². The van der Waals surface area contributed by atoms with Gasteiger partial charge in [-0.1, -0.05) is 0 Å². The molecule has 4 N–H and O–H groups in total. The van der Waals surface area contributed by atoms with Crippen molar-refractivity contribution in [3.63, 3.8) is 0 Å². The molecule has 1 aliphatic rings. The maximum absolute atomic E-state index is 12.0. The number of primary amides is 1. The molecule has 22 heavy (non-hydrogen) atoms. The van der Waals surface area contributed by atoms with Crippen molar-refractivity contribution in [1.82, 2.24) is 10.3 Å². The number of hydrogen-bond acceptors (Lipinski definition) is 4. The number of urea groups is 1. The molecule has 2 aromatic heterocycles. The van der Waals surface area contributed by atoms with Crippen molar-refractivity contribution in [2.24, 2.45) is 5.73 Å². The minimum Gasteiger partial charge on any atom is -0.365 e. The summed E-state index contributed by atoms with van der Waals surface area (Å²) in [5.74, 6) is -0.483. The lowest BCUT2D eigenvalue weighted by molar-refractivity contribution is 0.100. The van der Waals surface area contributed by atoms with Crippen molar-refractivity contribution in [3.8, 4) is 0 Å². The lowest BCUT2D eigenvalue weighted by atomic mass is 10.1. The van der Waals surface area contributed by atoms with E-state index < -0.39 is 5.91 Å². The van der Waals surface area contributed by atoms with Gasteiger partial charge in [-0.2, -0.15) is 0 Å². The van der Waals surface area contributed by atoms with Crippen LogP contribution in [-0.4, -0.2) is 16.9 Å². The summed E-state index contributed by atoms with van der Waals surface area (Å²) in [5, 5.41) is 6.04. The first-order valence-corrected chi connectivity index (χ1v) is 7.85. The van der Waals surface area contributed by atoms with Gasteiger partial charge < -0.3 is 11.1 Å². The minimum atomic E-state index is -0.483. The Hall–Kier alpha value is -2.41. The Morgan fingerprint density at radius 2 is 2.05 bits per heavy atom. The number of rotatable bonds is 4. The molecule has 0 aromatic carbocycles. The molecular weight excluding hydrogens is 300 g/mol. The van der Waals surface area contributed by atoms with Gasteiger partial charge in [0, 0.05) is 23.8 Å². The normalized spacial score (nSPS) is 12.7. The molecule has 0 unspecified atom stereocenters. The van der Waals surface area contributed by atoms with Crippen molar-refractivity contribution < 1.29 is 9.59 Å². The van der Waals surface area contributed by atoms with Gasteiger partial charge in [-0.15, -0.1) is 11.3 Å². The van der Waals surface area contributed by atoms with E-state index in [2.05, 4.69) is 15.6 Å². The molecular formula is C15H16N4O2S. The second-order valence-electron chi connectivity index (χ2n) is 5.09. The van der Waals surface area contributed by atoms with E-state index in [4.69, 9.17) is 5.73 Å². The monoisotopic (exact) mass is 316 g/mol. The smallest absolute Gasteiger partial charge is 0.320 e. The number of nitrogens with zero attached hydrogens (tertiary/aromatic N) is 1. The molecule has 114 valence electrons. The molecule has 0 saturated carbocycles. The Morgan fingerprint density at radius 1 is 1.27 bits per heavy atom. The largest absolute Gasteiger partial charge is 0.365 e. The van der Waals surface area contributed by atoms with Crippen LogP contribution in [0.4, 0.5) is 9.80 Å². The maximum atomic E-state index is 12.0. The molecule has 3 amide bonds. The summed E-state index contributed by atoms with van der Waals surface area (Å²) in [4.78, 5) is 28.7. The van der Waals surface area contributed by atoms with Gasteiger partial charge in [-0.05, 0) is 42.5 Å². The maximum Gasteiger partial charge on any atom is 0.320 e. The lowest BCUT2D eigenvalue weighted by Crippen LogP contribution is -2.29. The molecule has 7 heteroatoms. The fourth-order valence-electron chi connectivity index (χ4n) is 2.58. The molecule has 2 aromatic rings. The van der Waals surface area contributed by atoms with E-state index in [9.17, 15) is 9.59 Å². The summed E-state index contributed by atoms with van der Waals surface area (Å²) in [6.07, 6.45) is 6.18. The van der Waals surface area contributed by atoms with Crippen molar-refractivity contribution in [2.45, 2.75) is 25.8 Å². The summed E-state index contributed by atoms with van der Waals surface area (Å²) in [6.45, 7) is 0.394. The number of amides is 3. The number of aryl methyl sites for hydroxylation is 1. The minimum absolute atomic E-state index is 0.348. The third-order valence-electron chi connectivity index (χ3n) is 3.60. The molecule has 0 radical (unpaired) electrons. The molecule has 2 heterocycles. The predicted molar refractivity (Wildman–Crippen MR) is 85.0 cm³/mol. The van der Waals surface area contributed by atoms with Crippen molar-refractivity contribution in [2.75, 3.05) is 5.32 Å². The van der Waals surface area contributed by atoms with Crippen LogP contribution in [0.5, 0.6) is 0 Å². The summed E-state index contributed by atoms with van der Waals surface area (Å²) in [7, 11) is 0. The van der Waals surface area contributed by atoms with E-state index in [0.29, 0.717) is 17.1 Å². The third kappa shape index (κ3) is 2.94. The second kappa shape index (κ2) is 6.15. The van der Waals surface area contributed by atoms with Crippen LogP contribution in [-0.2, 0) is 19.4 Å². The van der Waals surface area contributed by atoms with Gasteiger partial charge in [-0.3, -0.25) is 15.1 Å². The van der Waals surface area contributed by atoms with Gasteiger partial charge in [0.1, 0.15) is 5.00 Å². The highest BCUT2D eigenvalue weighted by atomic mass is 32.1. The number of nitrogens with one attached hydrogen (secondary N) is 2. The van der Waals surface area contributed by atoms with Gasteiger partial charge >= 0.3 is 6.03 Å². The molecule has 3 rings (SSSR count). The molecule has 0 bridgehead atoms. The number of nitrogens with two attached hydrogens (primary N) is 1. The average molecular weight is 316 g/mol. The second-order valence-corrected chi connectivity index (χ2v) is 6.19. The van der Waals surface area contributed by atoms with Crippen LogP contribution in [0.1, 0.15) is 32.8 Å². The number of thiophene rings is 1. The number of hydrogen-bond donors (Lipinski definition) is 3. The Bertz CT molecular complexity index is 712. The van der Waals surface area contributed by atoms with Crippen LogP contribution in [0.15, 0.2) is 24.5 Å². The Morgan fingerprint density at radius 3 is 2.77 bits per heavy atom. The summed E-state index contributed by atoms with van der Waals surface area (Å²) >= 11 is 1.44. The Kier molecular flexibility index (Phi) is 4.06. The summed E-state index contributed by atoms with van der Waals surface area (Å²) in [6, 6.07) is 3.31. The van der Waals surface area contributed by atoms with Gasteiger partial charge in [0.05, 0.1) is 5.56 Å². The Balaban J connectivity index is 1.68. The van der Waals surface area contributed by atoms with Gasteiger partial charge in [-0.25, -0.2) is 4.79 Å². The molecule has 0 aliphatic heterocycles. The van der Waals surface area contributed by atoms with Crippen LogP contribution in [0, 0.1) is 0 Å². The molecule has 0 atom stereocenters. The van der Waals surface area contributed by atoms with E-state index in [1.807, 2.05) is 12.1 Å². The fourth-order valence-corrected chi connectivity index (χ4v) is 3.87. The van der Waals surface area contributed by atoms with E-state index in [0.717, 1.165) is 35.3 Å². The summed E-state index contributed by atoms with van der Waals surface area (Å²) < 4.78 is 0. The van der Waals surface area contributed by atoms with E-state index in [1.165, 1.54) is 11.3 Å². The van der Waals surface area contributed by atoms with Crippen LogP contribution in [0.2, 0.25) is 0 Å². The molecule has 0 saturated heterocycles. The van der Waals surface area contributed by atoms with E-state index >= 15 is 0 Å². The zero-order valence-electron chi connectivity index (χ0n) is 11.9. The SMILES string of the molecule is NC(=O)c1c(NC(=O)NCc2ccncc2)sc2c1CCC2. The zero-order valence-corrected chi connectivity index (χ0v) is 12.7. The van der Waals surface area contributed by atoms with Gasteiger partial charge in [0.2, 0.25) is 0 Å². The van der Waals surface area contributed by atoms with Crippen LogP contribution < -0.4 is 16.4 Å². The number of fused-ring (bicyclic) bond motifs is 1. The van der Waals surface area contributed by atoms with Crippen LogP contribution in [0.25, 0.3) is 0 Å². The first-order valence-electron chi connectivity index (χ1n) is 7.03. The first-order chi connectivity index (χ1) is 10.6. The quantitative estimate of drug-likeness (QED) is 0.805. The van der Waals surface area contributed by atoms with E-state index in [-0.39, 0.29) is 6.03 Å². The van der Waals surface area contributed by atoms with Crippen molar-refractivity contribution in [3.05, 3.63) is 46.1 Å². The Labute approximate surface area is 131 Å². The molecule has 0 fully saturated rings.